The van der Waals surface area contributed by atoms with Crippen molar-refractivity contribution in [2.45, 2.75) is 200 Å². The van der Waals surface area contributed by atoms with E-state index in [9.17, 15) is 9.59 Å². The van der Waals surface area contributed by atoms with Gasteiger partial charge in [0.25, 0.3) is 0 Å². The zero-order chi connectivity index (χ0) is 28.5. The van der Waals surface area contributed by atoms with Crippen LogP contribution in [0.15, 0.2) is 0 Å². The van der Waals surface area contributed by atoms with E-state index in [-0.39, 0.29) is 11.9 Å². The largest absolute Gasteiger partial charge is 0.466 e. The summed E-state index contributed by atoms with van der Waals surface area (Å²) in [5.41, 5.74) is 0. The molecule has 0 aliphatic heterocycles. The molecule has 0 amide bonds. The average Bonchev–Trinajstić information content (AvgIpc) is 2.93. The fourth-order valence-electron chi connectivity index (χ4n) is 5.12. The van der Waals surface area contributed by atoms with Gasteiger partial charge in [0.05, 0.1) is 13.2 Å². The number of carbonyl (C=O) groups excluding carboxylic acids is 2. The second kappa shape index (κ2) is 33.1. The van der Waals surface area contributed by atoms with Gasteiger partial charge in [-0.25, -0.2) is 0 Å². The molecule has 0 aliphatic rings. The summed E-state index contributed by atoms with van der Waals surface area (Å²) in [4.78, 5) is 23.8. The zero-order valence-corrected chi connectivity index (χ0v) is 26.6. The Kier molecular flexibility index (Phi) is 32.2. The highest BCUT2D eigenvalue weighted by molar-refractivity contribution is 5.69. The molecule has 0 bridgehead atoms. The van der Waals surface area contributed by atoms with Crippen molar-refractivity contribution in [1.82, 2.24) is 0 Å². The minimum Gasteiger partial charge on any atom is -0.466 e. The number of rotatable bonds is 32. The van der Waals surface area contributed by atoms with Crippen molar-refractivity contribution in [3.8, 4) is 0 Å². The maximum atomic E-state index is 11.9. The highest BCUT2D eigenvalue weighted by atomic mass is 16.5. The van der Waals surface area contributed by atoms with Crippen LogP contribution in [-0.2, 0) is 19.1 Å². The Morgan fingerprint density at radius 3 is 0.846 bits per heavy atom. The summed E-state index contributed by atoms with van der Waals surface area (Å²) in [6.45, 7) is 5.69. The molecule has 0 heterocycles. The van der Waals surface area contributed by atoms with Gasteiger partial charge in [0, 0.05) is 12.8 Å². The summed E-state index contributed by atoms with van der Waals surface area (Å²) in [5, 5.41) is 0. The lowest BCUT2D eigenvalue weighted by molar-refractivity contribution is -0.144. The third-order valence-electron chi connectivity index (χ3n) is 7.78. The molecule has 0 aliphatic carbocycles. The lowest BCUT2D eigenvalue weighted by Gasteiger charge is -2.06. The predicted octanol–water partition coefficient (Wildman–Crippen LogP) is 11.4. The van der Waals surface area contributed by atoms with Gasteiger partial charge < -0.3 is 9.47 Å². The van der Waals surface area contributed by atoms with Gasteiger partial charge in [-0.3, -0.25) is 9.59 Å². The molecular formula is C35H68O4. The van der Waals surface area contributed by atoms with Crippen molar-refractivity contribution in [3.63, 3.8) is 0 Å². The summed E-state index contributed by atoms with van der Waals surface area (Å²) >= 11 is 0. The number of ether oxygens (including phenoxy) is 2. The van der Waals surface area contributed by atoms with E-state index in [0.717, 1.165) is 44.9 Å². The minimum absolute atomic E-state index is 0.0481. The number of hydrogen-bond donors (Lipinski definition) is 0. The van der Waals surface area contributed by atoms with Crippen LogP contribution in [0.4, 0.5) is 0 Å². The molecule has 0 rings (SSSR count). The van der Waals surface area contributed by atoms with Crippen LogP contribution in [0, 0.1) is 0 Å². The van der Waals surface area contributed by atoms with E-state index in [2.05, 4.69) is 13.8 Å². The molecule has 0 fully saturated rings. The van der Waals surface area contributed by atoms with Crippen molar-refractivity contribution in [2.75, 3.05) is 13.2 Å². The van der Waals surface area contributed by atoms with Crippen molar-refractivity contribution in [3.05, 3.63) is 0 Å². The van der Waals surface area contributed by atoms with E-state index in [4.69, 9.17) is 9.47 Å². The van der Waals surface area contributed by atoms with E-state index in [1.54, 1.807) is 0 Å². The molecule has 0 aromatic heterocycles. The summed E-state index contributed by atoms with van der Waals surface area (Å²) in [7, 11) is 0. The smallest absolute Gasteiger partial charge is 0.305 e. The SMILES string of the molecule is CCCCCCCCCCCCCOC(=O)CCCCCCCC(=O)OCCCCCCCCCCCCC. The molecule has 0 atom stereocenters. The second-order valence-corrected chi connectivity index (χ2v) is 11.8. The molecule has 0 radical (unpaired) electrons. The van der Waals surface area contributed by atoms with Crippen molar-refractivity contribution in [1.29, 1.82) is 0 Å². The Hall–Kier alpha value is -1.06. The van der Waals surface area contributed by atoms with Gasteiger partial charge in [-0.15, -0.1) is 0 Å². The van der Waals surface area contributed by atoms with Crippen LogP contribution in [-0.4, -0.2) is 25.2 Å². The molecule has 0 aromatic rings. The summed E-state index contributed by atoms with van der Waals surface area (Å²) < 4.78 is 10.8. The van der Waals surface area contributed by atoms with Gasteiger partial charge in [-0.1, -0.05) is 162 Å². The lowest BCUT2D eigenvalue weighted by atomic mass is 10.1. The van der Waals surface area contributed by atoms with E-state index in [0.29, 0.717) is 26.1 Å². The molecule has 0 spiro atoms. The predicted molar refractivity (Wildman–Crippen MR) is 167 cm³/mol. The van der Waals surface area contributed by atoms with E-state index >= 15 is 0 Å². The van der Waals surface area contributed by atoms with Gasteiger partial charge in [0.2, 0.25) is 0 Å². The Morgan fingerprint density at radius 1 is 0.333 bits per heavy atom. The van der Waals surface area contributed by atoms with Crippen LogP contribution >= 0.6 is 0 Å². The first kappa shape index (κ1) is 37.9. The van der Waals surface area contributed by atoms with Gasteiger partial charge in [0.15, 0.2) is 0 Å². The normalized spacial score (nSPS) is 11.1. The van der Waals surface area contributed by atoms with Gasteiger partial charge >= 0.3 is 11.9 Å². The maximum absolute atomic E-state index is 11.9. The van der Waals surface area contributed by atoms with Crippen molar-refractivity contribution in [2.24, 2.45) is 0 Å². The average molecular weight is 553 g/mol. The van der Waals surface area contributed by atoms with E-state index in [1.165, 1.54) is 128 Å². The zero-order valence-electron chi connectivity index (χ0n) is 26.6. The Bertz CT molecular complexity index is 461. The fourth-order valence-corrected chi connectivity index (χ4v) is 5.12. The molecule has 0 N–H and O–H groups in total. The second-order valence-electron chi connectivity index (χ2n) is 11.8. The molecular weight excluding hydrogens is 484 g/mol. The van der Waals surface area contributed by atoms with Crippen LogP contribution in [0.2, 0.25) is 0 Å². The molecule has 0 saturated carbocycles. The van der Waals surface area contributed by atoms with Gasteiger partial charge in [-0.2, -0.15) is 0 Å². The van der Waals surface area contributed by atoms with Crippen LogP contribution in [0.5, 0.6) is 0 Å². The molecule has 39 heavy (non-hydrogen) atoms. The van der Waals surface area contributed by atoms with Crippen molar-refractivity contribution < 1.29 is 19.1 Å². The molecule has 4 nitrogen and oxygen atoms in total. The van der Waals surface area contributed by atoms with E-state index < -0.39 is 0 Å². The maximum Gasteiger partial charge on any atom is 0.305 e. The van der Waals surface area contributed by atoms with Crippen LogP contribution < -0.4 is 0 Å². The molecule has 0 saturated heterocycles. The highest BCUT2D eigenvalue weighted by Gasteiger charge is 2.05. The monoisotopic (exact) mass is 553 g/mol. The Labute approximate surface area is 244 Å². The Morgan fingerprint density at radius 2 is 0.564 bits per heavy atom. The van der Waals surface area contributed by atoms with Crippen molar-refractivity contribution >= 4 is 11.9 Å². The number of carbonyl (C=O) groups is 2. The summed E-state index contributed by atoms with van der Waals surface area (Å²) in [6, 6.07) is 0. The fraction of sp³-hybridized carbons (Fsp3) is 0.943. The first-order valence-electron chi connectivity index (χ1n) is 17.5. The molecule has 4 heteroatoms. The number of esters is 2. The van der Waals surface area contributed by atoms with Crippen LogP contribution in [0.1, 0.15) is 200 Å². The third-order valence-corrected chi connectivity index (χ3v) is 7.78. The third kappa shape index (κ3) is 33.0. The summed E-state index contributed by atoms with van der Waals surface area (Å²) in [5.74, 6) is -0.0962. The number of hydrogen-bond acceptors (Lipinski definition) is 4. The van der Waals surface area contributed by atoms with Gasteiger partial charge in [-0.05, 0) is 25.7 Å². The quantitative estimate of drug-likeness (QED) is 0.0615. The lowest BCUT2D eigenvalue weighted by Crippen LogP contribution is -2.06. The highest BCUT2D eigenvalue weighted by Crippen LogP contribution is 2.13. The minimum atomic E-state index is -0.0481. The number of unbranched alkanes of at least 4 members (excludes halogenated alkanes) is 24. The Balaban J connectivity index is 3.25. The molecule has 0 unspecified atom stereocenters. The van der Waals surface area contributed by atoms with Crippen LogP contribution in [0.25, 0.3) is 0 Å². The first-order chi connectivity index (χ1) is 19.2. The van der Waals surface area contributed by atoms with E-state index in [1.807, 2.05) is 0 Å². The van der Waals surface area contributed by atoms with Gasteiger partial charge in [0.1, 0.15) is 0 Å². The molecule has 0 aromatic carbocycles. The topological polar surface area (TPSA) is 52.6 Å². The standard InChI is InChI=1S/C35H68O4/c1-3-5-7-9-11-13-15-17-19-24-28-32-38-34(36)30-26-22-21-23-27-31-35(37)39-33-29-25-20-18-16-14-12-10-8-6-4-2/h3-33H2,1-2H3. The first-order valence-corrected chi connectivity index (χ1v) is 17.5. The summed E-state index contributed by atoms with van der Waals surface area (Å²) in [6.07, 6.45) is 34.7. The van der Waals surface area contributed by atoms with Crippen LogP contribution in [0.3, 0.4) is 0 Å². The molecule has 232 valence electrons.